The molecule has 0 bridgehead atoms. The summed E-state index contributed by atoms with van der Waals surface area (Å²) in [5.74, 6) is 1.15. The van der Waals surface area contributed by atoms with E-state index in [-0.39, 0.29) is 10.6 Å². The van der Waals surface area contributed by atoms with E-state index >= 15 is 0 Å². The van der Waals surface area contributed by atoms with Gasteiger partial charge in [-0.3, -0.25) is 4.79 Å². The molecule has 0 spiro atoms. The van der Waals surface area contributed by atoms with E-state index in [1.807, 2.05) is 13.0 Å². The van der Waals surface area contributed by atoms with E-state index in [9.17, 15) is 13.2 Å². The summed E-state index contributed by atoms with van der Waals surface area (Å²) in [4.78, 5) is 15.3. The summed E-state index contributed by atoms with van der Waals surface area (Å²) >= 11 is 1.74. The molecule has 9 heteroatoms. The Bertz CT molecular complexity index is 887. The normalized spacial score (nSPS) is 15.9. The highest BCUT2D eigenvalue weighted by atomic mass is 32.2. The Hall–Kier alpha value is -1.97. The van der Waals surface area contributed by atoms with Crippen LogP contribution in [-0.2, 0) is 10.0 Å². The van der Waals surface area contributed by atoms with Crippen LogP contribution in [0.5, 0.6) is 0 Å². The number of H-pyrrole nitrogens is 1. The van der Waals surface area contributed by atoms with Crippen molar-refractivity contribution in [1.29, 1.82) is 0 Å². The van der Waals surface area contributed by atoms with Crippen LogP contribution in [0.3, 0.4) is 0 Å². The van der Waals surface area contributed by atoms with Gasteiger partial charge in [0.1, 0.15) is 10.6 Å². The van der Waals surface area contributed by atoms with Crippen molar-refractivity contribution in [2.45, 2.75) is 11.8 Å². The van der Waals surface area contributed by atoms with E-state index in [2.05, 4.69) is 10.3 Å². The Morgan fingerprint density at radius 2 is 2.00 bits per heavy atom. The molecule has 1 aromatic carbocycles. The Balaban J connectivity index is 1.78. The van der Waals surface area contributed by atoms with Crippen molar-refractivity contribution in [2.24, 2.45) is 0 Å². The molecular formula is C16H20N4O3S2. The lowest BCUT2D eigenvalue weighted by Crippen LogP contribution is -2.37. The first-order valence-electron chi connectivity index (χ1n) is 7.82. The number of carbonyl (C=O) groups is 1. The summed E-state index contributed by atoms with van der Waals surface area (Å²) in [7, 11) is -3.57. The molecular weight excluding hydrogens is 360 g/mol. The van der Waals surface area contributed by atoms with Gasteiger partial charge in [-0.05, 0) is 30.7 Å². The van der Waals surface area contributed by atoms with Crippen molar-refractivity contribution in [3.05, 3.63) is 41.7 Å². The molecule has 7 nitrogen and oxygen atoms in total. The molecule has 0 aliphatic carbocycles. The number of nitrogen functional groups attached to an aromatic ring is 1. The molecule has 25 heavy (non-hydrogen) atoms. The third-order valence-electron chi connectivity index (χ3n) is 4.02. The van der Waals surface area contributed by atoms with Gasteiger partial charge in [-0.2, -0.15) is 16.1 Å². The van der Waals surface area contributed by atoms with Crippen LogP contribution >= 0.6 is 11.8 Å². The number of anilines is 2. The fraction of sp³-hybridized carbons (Fsp3) is 0.312. The fourth-order valence-electron chi connectivity index (χ4n) is 2.55. The predicted molar refractivity (Wildman–Crippen MR) is 100 cm³/mol. The molecule has 0 saturated carbocycles. The second kappa shape index (κ2) is 7.11. The maximum absolute atomic E-state index is 12.6. The third kappa shape index (κ3) is 3.83. The number of nitrogens with zero attached hydrogens (tertiary/aromatic N) is 1. The second-order valence-electron chi connectivity index (χ2n) is 5.79. The summed E-state index contributed by atoms with van der Waals surface area (Å²) in [6.07, 6.45) is 1.36. The van der Waals surface area contributed by atoms with Crippen LogP contribution < -0.4 is 11.1 Å². The van der Waals surface area contributed by atoms with Gasteiger partial charge >= 0.3 is 0 Å². The zero-order valence-electron chi connectivity index (χ0n) is 13.8. The maximum atomic E-state index is 12.6. The average Bonchev–Trinajstić information content (AvgIpc) is 3.10. The molecule has 1 aromatic heterocycles. The Morgan fingerprint density at radius 3 is 2.72 bits per heavy atom. The number of carbonyl (C=O) groups excluding carboxylic acids is 1. The Labute approximate surface area is 151 Å². The van der Waals surface area contributed by atoms with Crippen molar-refractivity contribution < 1.29 is 13.2 Å². The second-order valence-corrected chi connectivity index (χ2v) is 8.96. The van der Waals surface area contributed by atoms with E-state index in [4.69, 9.17) is 5.73 Å². The van der Waals surface area contributed by atoms with Gasteiger partial charge in [-0.25, -0.2) is 8.42 Å². The molecule has 1 amide bonds. The highest BCUT2D eigenvalue weighted by Crippen LogP contribution is 2.22. The van der Waals surface area contributed by atoms with Gasteiger partial charge in [0, 0.05) is 42.2 Å². The third-order valence-corrected chi connectivity index (χ3v) is 6.84. The predicted octanol–water partition coefficient (Wildman–Crippen LogP) is 1.90. The smallest absolute Gasteiger partial charge is 0.272 e. The number of nitrogens with one attached hydrogen (secondary N) is 2. The van der Waals surface area contributed by atoms with Gasteiger partial charge in [-0.1, -0.05) is 6.07 Å². The number of amides is 1. The summed E-state index contributed by atoms with van der Waals surface area (Å²) in [5, 5.41) is 2.75. The molecule has 0 atom stereocenters. The van der Waals surface area contributed by atoms with Crippen LogP contribution in [0.25, 0.3) is 0 Å². The van der Waals surface area contributed by atoms with Crippen molar-refractivity contribution >= 4 is 39.1 Å². The Morgan fingerprint density at radius 1 is 1.28 bits per heavy atom. The van der Waals surface area contributed by atoms with E-state index in [1.165, 1.54) is 16.6 Å². The first-order chi connectivity index (χ1) is 11.9. The van der Waals surface area contributed by atoms with E-state index in [0.717, 1.165) is 17.1 Å². The zero-order chi connectivity index (χ0) is 18.0. The lowest BCUT2D eigenvalue weighted by Gasteiger charge is -2.24. The number of sulfonamides is 1. The highest BCUT2D eigenvalue weighted by Gasteiger charge is 2.27. The zero-order valence-corrected chi connectivity index (χ0v) is 15.4. The first-order valence-corrected chi connectivity index (χ1v) is 10.4. The quantitative estimate of drug-likeness (QED) is 0.702. The molecule has 2 aromatic rings. The van der Waals surface area contributed by atoms with Crippen LogP contribution in [0.1, 0.15) is 16.1 Å². The van der Waals surface area contributed by atoms with Crippen LogP contribution in [0.2, 0.25) is 0 Å². The summed E-state index contributed by atoms with van der Waals surface area (Å²) in [6, 6.07) is 6.60. The number of aromatic nitrogens is 1. The SMILES string of the molecule is Cc1ccc(N)cc1NC(=O)c1cc(S(=O)(=O)N2CCSCC2)c[nH]1. The van der Waals surface area contributed by atoms with E-state index in [1.54, 1.807) is 23.9 Å². The minimum atomic E-state index is -3.57. The fourth-order valence-corrected chi connectivity index (χ4v) is 5.12. The maximum Gasteiger partial charge on any atom is 0.272 e. The van der Waals surface area contributed by atoms with E-state index < -0.39 is 15.9 Å². The summed E-state index contributed by atoms with van der Waals surface area (Å²) in [5.41, 5.74) is 7.93. The molecule has 1 aliphatic rings. The molecule has 0 radical (unpaired) electrons. The number of nitrogens with two attached hydrogens (primary N) is 1. The number of hydrogen-bond acceptors (Lipinski definition) is 5. The van der Waals surface area contributed by atoms with Crippen LogP contribution in [0.4, 0.5) is 11.4 Å². The van der Waals surface area contributed by atoms with E-state index in [0.29, 0.717) is 24.5 Å². The lowest BCUT2D eigenvalue weighted by molar-refractivity contribution is 0.102. The molecule has 4 N–H and O–H groups in total. The standard InChI is InChI=1S/C16H20N4O3S2/c1-11-2-3-12(17)8-14(11)19-16(21)15-9-13(10-18-15)25(22,23)20-4-6-24-7-5-20/h2-3,8-10,18H,4-7,17H2,1H3,(H,19,21). The van der Waals surface area contributed by atoms with Gasteiger partial charge in [0.25, 0.3) is 5.91 Å². The van der Waals surface area contributed by atoms with Gasteiger partial charge in [-0.15, -0.1) is 0 Å². The van der Waals surface area contributed by atoms with Gasteiger partial charge in [0.2, 0.25) is 10.0 Å². The molecule has 1 saturated heterocycles. The van der Waals surface area contributed by atoms with Crippen molar-refractivity contribution in [3.8, 4) is 0 Å². The number of aromatic amines is 1. The van der Waals surface area contributed by atoms with Crippen molar-refractivity contribution in [1.82, 2.24) is 9.29 Å². The van der Waals surface area contributed by atoms with Crippen molar-refractivity contribution in [3.63, 3.8) is 0 Å². The average molecular weight is 380 g/mol. The number of aryl methyl sites for hydroxylation is 1. The molecule has 1 fully saturated rings. The molecule has 3 rings (SSSR count). The Kier molecular flexibility index (Phi) is 5.07. The highest BCUT2D eigenvalue weighted by molar-refractivity contribution is 7.99. The number of hydrogen-bond donors (Lipinski definition) is 3. The summed E-state index contributed by atoms with van der Waals surface area (Å²) in [6.45, 7) is 2.83. The number of rotatable bonds is 4. The minimum Gasteiger partial charge on any atom is -0.399 e. The molecule has 2 heterocycles. The number of thioether (sulfide) groups is 1. The number of benzene rings is 1. The topological polar surface area (TPSA) is 108 Å². The first kappa shape index (κ1) is 17.8. The van der Waals surface area contributed by atoms with Gasteiger partial charge in [0.15, 0.2) is 0 Å². The lowest BCUT2D eigenvalue weighted by atomic mass is 10.2. The largest absolute Gasteiger partial charge is 0.399 e. The van der Waals surface area contributed by atoms with Crippen LogP contribution in [-0.4, -0.2) is 48.2 Å². The van der Waals surface area contributed by atoms with Crippen molar-refractivity contribution in [2.75, 3.05) is 35.6 Å². The molecule has 1 aliphatic heterocycles. The van der Waals surface area contributed by atoms with Crippen LogP contribution in [0.15, 0.2) is 35.4 Å². The molecule has 134 valence electrons. The van der Waals surface area contributed by atoms with Gasteiger partial charge < -0.3 is 16.0 Å². The monoisotopic (exact) mass is 380 g/mol. The summed E-state index contributed by atoms with van der Waals surface area (Å²) < 4.78 is 26.7. The minimum absolute atomic E-state index is 0.105. The molecule has 0 unspecified atom stereocenters. The van der Waals surface area contributed by atoms with Crippen LogP contribution in [0, 0.1) is 6.92 Å². The van der Waals surface area contributed by atoms with Gasteiger partial charge in [0.05, 0.1) is 0 Å².